The van der Waals surface area contributed by atoms with E-state index in [1.165, 1.54) is 12.1 Å². The average molecular weight is 337 g/mol. The fourth-order valence-corrected chi connectivity index (χ4v) is 3.03. The van der Waals surface area contributed by atoms with Crippen LogP contribution < -0.4 is 4.74 Å². The van der Waals surface area contributed by atoms with Crippen molar-refractivity contribution < 1.29 is 13.2 Å². The van der Waals surface area contributed by atoms with Gasteiger partial charge in [0.05, 0.1) is 4.90 Å². The van der Waals surface area contributed by atoms with E-state index >= 15 is 0 Å². The van der Waals surface area contributed by atoms with Crippen LogP contribution in [0, 0.1) is 0 Å². The van der Waals surface area contributed by atoms with Crippen molar-refractivity contribution in [3.05, 3.63) is 96.6 Å². The summed E-state index contributed by atoms with van der Waals surface area (Å²) in [7, 11) is -3.86. The van der Waals surface area contributed by atoms with Gasteiger partial charge in [0.1, 0.15) is 5.75 Å². The molecule has 0 saturated carbocycles. The Labute approximate surface area is 141 Å². The van der Waals surface area contributed by atoms with E-state index in [4.69, 9.17) is 4.74 Å². The maximum absolute atomic E-state index is 12.5. The van der Waals surface area contributed by atoms with Crippen LogP contribution in [-0.2, 0) is 10.0 Å². The van der Waals surface area contributed by atoms with Crippen molar-refractivity contribution in [3.8, 4) is 5.75 Å². The Balaban J connectivity index is 2.04. The van der Waals surface area contributed by atoms with E-state index in [-0.39, 0.29) is 10.8 Å². The molecule has 0 aliphatic carbocycles. The van der Waals surface area contributed by atoms with Gasteiger partial charge in [-0.3, -0.25) is 0 Å². The fourth-order valence-electron chi connectivity index (χ4n) is 2.07. The summed E-state index contributed by atoms with van der Waals surface area (Å²) in [6.07, 6.45) is 0. The molecule has 0 atom stereocenters. The second-order valence-electron chi connectivity index (χ2n) is 4.97. The van der Waals surface area contributed by atoms with Gasteiger partial charge in [0.15, 0.2) is 0 Å². The van der Waals surface area contributed by atoms with E-state index < -0.39 is 10.0 Å². The first-order valence-corrected chi connectivity index (χ1v) is 8.77. The van der Waals surface area contributed by atoms with Gasteiger partial charge < -0.3 is 4.74 Å². The molecule has 5 heteroatoms. The Morgan fingerprint density at radius 3 is 1.79 bits per heavy atom. The number of hydrogen-bond donors (Lipinski definition) is 0. The van der Waals surface area contributed by atoms with E-state index in [0.717, 1.165) is 0 Å². The van der Waals surface area contributed by atoms with E-state index in [1.807, 2.05) is 24.3 Å². The lowest BCUT2D eigenvalue weighted by atomic mass is 10.2. The second kappa shape index (κ2) is 7.10. The third-order valence-electron chi connectivity index (χ3n) is 3.22. The highest BCUT2D eigenvalue weighted by atomic mass is 32.2. The van der Waals surface area contributed by atoms with Crippen molar-refractivity contribution in [1.82, 2.24) is 0 Å². The van der Waals surface area contributed by atoms with Gasteiger partial charge in [0, 0.05) is 5.56 Å². The van der Waals surface area contributed by atoms with Crippen molar-refractivity contribution in [1.29, 1.82) is 0 Å². The molecule has 3 aromatic carbocycles. The van der Waals surface area contributed by atoms with Gasteiger partial charge in [-0.25, -0.2) is 0 Å². The van der Waals surface area contributed by atoms with Crippen molar-refractivity contribution in [3.63, 3.8) is 0 Å². The lowest BCUT2D eigenvalue weighted by Crippen LogP contribution is -2.13. The molecule has 0 N–H and O–H groups in total. The average Bonchev–Trinajstić information content (AvgIpc) is 2.63. The summed E-state index contributed by atoms with van der Waals surface area (Å²) >= 11 is 0. The Kier molecular flexibility index (Phi) is 4.72. The molecule has 0 aliphatic rings. The minimum Gasteiger partial charge on any atom is -0.438 e. The van der Waals surface area contributed by atoms with Crippen LogP contribution in [0.2, 0.25) is 0 Å². The van der Waals surface area contributed by atoms with Gasteiger partial charge in [-0.05, 0) is 36.4 Å². The Morgan fingerprint density at radius 1 is 0.708 bits per heavy atom. The first kappa shape index (κ1) is 16.0. The molecule has 0 radical (unpaired) electrons. The predicted octanol–water partition coefficient (Wildman–Crippen LogP) is 3.90. The van der Waals surface area contributed by atoms with E-state index in [0.29, 0.717) is 11.3 Å². The minimum atomic E-state index is -3.86. The molecule has 0 unspecified atom stereocenters. The largest absolute Gasteiger partial charge is 0.438 e. The monoisotopic (exact) mass is 337 g/mol. The maximum Gasteiger partial charge on any atom is 0.285 e. The van der Waals surface area contributed by atoms with E-state index in [2.05, 4.69) is 4.40 Å². The van der Waals surface area contributed by atoms with Gasteiger partial charge in [-0.15, -0.1) is 4.40 Å². The Hall–Kier alpha value is -2.92. The highest BCUT2D eigenvalue weighted by molar-refractivity contribution is 7.90. The highest BCUT2D eigenvalue weighted by Gasteiger charge is 2.16. The minimum absolute atomic E-state index is 0.0330. The molecule has 3 rings (SSSR count). The number of benzene rings is 3. The van der Waals surface area contributed by atoms with Gasteiger partial charge in [0.25, 0.3) is 10.0 Å². The van der Waals surface area contributed by atoms with Crippen LogP contribution in [0.25, 0.3) is 0 Å². The topological polar surface area (TPSA) is 55.7 Å². The molecule has 0 saturated heterocycles. The van der Waals surface area contributed by atoms with E-state index in [9.17, 15) is 8.42 Å². The summed E-state index contributed by atoms with van der Waals surface area (Å²) in [5.41, 5.74) is 0.584. The molecule has 0 amide bonds. The van der Waals surface area contributed by atoms with Crippen LogP contribution in [0.4, 0.5) is 0 Å². The number of nitrogens with zero attached hydrogens (tertiary/aromatic N) is 1. The van der Waals surface area contributed by atoms with Gasteiger partial charge in [0.2, 0.25) is 5.90 Å². The number of para-hydroxylation sites is 1. The molecule has 4 nitrogen and oxygen atoms in total. The molecule has 24 heavy (non-hydrogen) atoms. The molecular weight excluding hydrogens is 322 g/mol. The third-order valence-corrected chi connectivity index (χ3v) is 4.50. The summed E-state index contributed by atoms with van der Waals surface area (Å²) in [5.74, 6) is 0.550. The second-order valence-corrected chi connectivity index (χ2v) is 6.57. The number of rotatable bonds is 4. The zero-order chi connectivity index (χ0) is 16.8. The number of sulfonamides is 1. The van der Waals surface area contributed by atoms with Crippen LogP contribution in [-0.4, -0.2) is 14.3 Å². The normalized spacial score (nSPS) is 11.9. The van der Waals surface area contributed by atoms with E-state index in [1.54, 1.807) is 54.6 Å². The summed E-state index contributed by atoms with van der Waals surface area (Å²) in [6, 6.07) is 26.0. The van der Waals surface area contributed by atoms with Crippen LogP contribution >= 0.6 is 0 Å². The molecule has 0 fully saturated rings. The predicted molar refractivity (Wildman–Crippen MR) is 93.7 cm³/mol. The summed E-state index contributed by atoms with van der Waals surface area (Å²) in [6.45, 7) is 0. The molecule has 3 aromatic rings. The number of hydrogen-bond acceptors (Lipinski definition) is 3. The SMILES string of the molecule is O=S(=O)(N=C(Oc1ccccc1)c1ccccc1)c1ccccc1. The zero-order valence-electron chi connectivity index (χ0n) is 12.7. The van der Waals surface area contributed by atoms with Crippen molar-refractivity contribution >= 4 is 15.9 Å². The van der Waals surface area contributed by atoms with Crippen LogP contribution in [0.3, 0.4) is 0 Å². The number of ether oxygens (including phenoxy) is 1. The molecule has 120 valence electrons. The molecular formula is C19H15NO3S. The molecule has 0 aromatic heterocycles. The molecule has 0 spiro atoms. The van der Waals surface area contributed by atoms with Gasteiger partial charge >= 0.3 is 0 Å². The summed E-state index contributed by atoms with van der Waals surface area (Å²) in [5, 5.41) is 0. The van der Waals surface area contributed by atoms with Crippen LogP contribution in [0.5, 0.6) is 5.75 Å². The maximum atomic E-state index is 12.5. The first-order chi connectivity index (χ1) is 11.6. The summed E-state index contributed by atoms with van der Waals surface area (Å²) < 4.78 is 34.7. The first-order valence-electron chi connectivity index (χ1n) is 7.33. The van der Waals surface area contributed by atoms with Crippen LogP contribution in [0.15, 0.2) is 100 Å². The summed E-state index contributed by atoms with van der Waals surface area (Å²) in [4.78, 5) is 0.120. The zero-order valence-corrected chi connectivity index (χ0v) is 13.6. The molecule has 0 aliphatic heterocycles. The quantitative estimate of drug-likeness (QED) is 0.536. The van der Waals surface area contributed by atoms with Crippen LogP contribution in [0.1, 0.15) is 5.56 Å². The Bertz CT molecular complexity index is 922. The highest BCUT2D eigenvalue weighted by Crippen LogP contribution is 2.17. The smallest absolute Gasteiger partial charge is 0.285 e. The molecule has 0 bridgehead atoms. The van der Waals surface area contributed by atoms with Gasteiger partial charge in [-0.1, -0.05) is 54.6 Å². The van der Waals surface area contributed by atoms with Gasteiger partial charge in [-0.2, -0.15) is 8.42 Å². The Morgan fingerprint density at radius 2 is 1.21 bits per heavy atom. The van der Waals surface area contributed by atoms with Crippen molar-refractivity contribution in [2.45, 2.75) is 4.90 Å². The standard InChI is InChI=1S/C19H15NO3S/c21-24(22,18-14-8-3-9-15-18)20-19(16-10-4-1-5-11-16)23-17-12-6-2-7-13-17/h1-15H. The van der Waals surface area contributed by atoms with Crippen molar-refractivity contribution in [2.24, 2.45) is 4.40 Å². The lowest BCUT2D eigenvalue weighted by Gasteiger charge is -2.09. The fraction of sp³-hybridized carbons (Fsp3) is 0. The third kappa shape index (κ3) is 3.88. The van der Waals surface area contributed by atoms with Crippen molar-refractivity contribution in [2.75, 3.05) is 0 Å². The lowest BCUT2D eigenvalue weighted by molar-refractivity contribution is 0.550. The molecule has 0 heterocycles.